The highest BCUT2D eigenvalue weighted by Gasteiger charge is 2.10. The zero-order chi connectivity index (χ0) is 14.5. The second-order valence-electron chi connectivity index (χ2n) is 5.59. The first-order valence-corrected chi connectivity index (χ1v) is 8.30. The lowest BCUT2D eigenvalue weighted by atomic mass is 9.98. The molecule has 0 spiro atoms. The molecule has 0 aromatic heterocycles. The standard InChI is InChI=1S/C19H23Br/c1-4-5-16-8-10-17(11-9-16)19(20)13-18-12-14(2)6-7-15(18)3/h6-12,19H,4-5,13H2,1-3H3. The van der Waals surface area contributed by atoms with E-state index >= 15 is 0 Å². The van der Waals surface area contributed by atoms with Gasteiger partial charge in [-0.3, -0.25) is 0 Å². The van der Waals surface area contributed by atoms with Crippen LogP contribution < -0.4 is 0 Å². The molecule has 0 radical (unpaired) electrons. The maximum Gasteiger partial charge on any atom is 0.0435 e. The quantitative estimate of drug-likeness (QED) is 0.595. The average Bonchev–Trinajstić information content (AvgIpc) is 2.44. The predicted octanol–water partition coefficient (Wildman–Crippen LogP) is 5.93. The van der Waals surface area contributed by atoms with Crippen LogP contribution >= 0.6 is 15.9 Å². The molecule has 2 aromatic carbocycles. The third-order valence-corrected chi connectivity index (χ3v) is 4.64. The van der Waals surface area contributed by atoms with E-state index in [2.05, 4.69) is 79.2 Å². The molecule has 0 fully saturated rings. The van der Waals surface area contributed by atoms with Gasteiger partial charge in [-0.25, -0.2) is 0 Å². The average molecular weight is 331 g/mol. The fourth-order valence-electron chi connectivity index (χ4n) is 2.51. The van der Waals surface area contributed by atoms with Crippen LogP contribution in [0.25, 0.3) is 0 Å². The fraction of sp³-hybridized carbons (Fsp3) is 0.368. The van der Waals surface area contributed by atoms with Gasteiger partial charge in [0.25, 0.3) is 0 Å². The molecule has 0 N–H and O–H groups in total. The number of rotatable bonds is 5. The Labute approximate surface area is 131 Å². The Kier molecular flexibility index (Phi) is 5.42. The molecule has 1 atom stereocenters. The van der Waals surface area contributed by atoms with Crippen LogP contribution in [0.1, 0.15) is 46.0 Å². The van der Waals surface area contributed by atoms with Crippen molar-refractivity contribution in [3.05, 3.63) is 70.3 Å². The highest BCUT2D eigenvalue weighted by molar-refractivity contribution is 9.09. The molecule has 0 saturated carbocycles. The fourth-order valence-corrected chi connectivity index (χ4v) is 3.17. The second-order valence-corrected chi connectivity index (χ2v) is 6.70. The van der Waals surface area contributed by atoms with Gasteiger partial charge in [-0.2, -0.15) is 0 Å². The normalized spacial score (nSPS) is 12.4. The van der Waals surface area contributed by atoms with Crippen LogP contribution in [0.3, 0.4) is 0 Å². The molecule has 0 nitrogen and oxygen atoms in total. The van der Waals surface area contributed by atoms with Crippen LogP contribution in [-0.4, -0.2) is 0 Å². The summed E-state index contributed by atoms with van der Waals surface area (Å²) in [5.41, 5.74) is 6.95. The summed E-state index contributed by atoms with van der Waals surface area (Å²) in [6.45, 7) is 6.58. The number of hydrogen-bond acceptors (Lipinski definition) is 0. The van der Waals surface area contributed by atoms with Crippen molar-refractivity contribution in [3.8, 4) is 0 Å². The van der Waals surface area contributed by atoms with E-state index in [-0.39, 0.29) is 0 Å². The largest absolute Gasteiger partial charge is 0.0835 e. The molecule has 106 valence electrons. The highest BCUT2D eigenvalue weighted by Crippen LogP contribution is 2.29. The van der Waals surface area contributed by atoms with Crippen molar-refractivity contribution < 1.29 is 0 Å². The number of aryl methyl sites for hydroxylation is 3. The molecule has 0 aliphatic heterocycles. The maximum absolute atomic E-state index is 3.84. The predicted molar refractivity (Wildman–Crippen MR) is 91.7 cm³/mol. The maximum atomic E-state index is 3.84. The number of benzene rings is 2. The molecule has 1 unspecified atom stereocenters. The Balaban J connectivity index is 2.11. The van der Waals surface area contributed by atoms with Gasteiger partial charge < -0.3 is 0 Å². The molecule has 0 aliphatic carbocycles. The Hall–Kier alpha value is -1.08. The summed E-state index contributed by atoms with van der Waals surface area (Å²) >= 11 is 3.84. The molecule has 0 aliphatic rings. The first kappa shape index (κ1) is 15.3. The summed E-state index contributed by atoms with van der Waals surface area (Å²) in [6.07, 6.45) is 3.42. The van der Waals surface area contributed by atoms with Gasteiger partial charge >= 0.3 is 0 Å². The Morgan fingerprint density at radius 3 is 2.35 bits per heavy atom. The summed E-state index contributed by atoms with van der Waals surface area (Å²) in [4.78, 5) is 0.388. The van der Waals surface area contributed by atoms with Gasteiger partial charge in [-0.15, -0.1) is 0 Å². The lowest BCUT2D eigenvalue weighted by Crippen LogP contribution is -1.98. The topological polar surface area (TPSA) is 0 Å². The minimum absolute atomic E-state index is 0.388. The van der Waals surface area contributed by atoms with E-state index in [1.807, 2.05) is 0 Å². The van der Waals surface area contributed by atoms with Crippen LogP contribution in [0.2, 0.25) is 0 Å². The molecule has 0 heterocycles. The second kappa shape index (κ2) is 7.08. The molecule has 20 heavy (non-hydrogen) atoms. The van der Waals surface area contributed by atoms with E-state index in [1.54, 1.807) is 0 Å². The van der Waals surface area contributed by atoms with Gasteiger partial charge in [-0.05, 0) is 48.9 Å². The lowest BCUT2D eigenvalue weighted by molar-refractivity contribution is 0.909. The third-order valence-electron chi connectivity index (χ3n) is 3.78. The summed E-state index contributed by atoms with van der Waals surface area (Å²) in [7, 11) is 0. The monoisotopic (exact) mass is 330 g/mol. The zero-order valence-electron chi connectivity index (χ0n) is 12.6. The minimum Gasteiger partial charge on any atom is -0.0835 e. The molecule has 2 rings (SSSR count). The molecular weight excluding hydrogens is 308 g/mol. The Morgan fingerprint density at radius 1 is 1.00 bits per heavy atom. The molecular formula is C19H23Br. The molecule has 0 bridgehead atoms. The zero-order valence-corrected chi connectivity index (χ0v) is 14.2. The Morgan fingerprint density at radius 2 is 1.70 bits per heavy atom. The van der Waals surface area contributed by atoms with E-state index in [0.29, 0.717) is 4.83 Å². The lowest BCUT2D eigenvalue weighted by Gasteiger charge is -2.13. The van der Waals surface area contributed by atoms with Crippen LogP contribution in [0.5, 0.6) is 0 Å². The van der Waals surface area contributed by atoms with Gasteiger partial charge in [-0.1, -0.05) is 77.3 Å². The van der Waals surface area contributed by atoms with E-state index in [4.69, 9.17) is 0 Å². The molecule has 2 aromatic rings. The first-order chi connectivity index (χ1) is 9.60. The van der Waals surface area contributed by atoms with Crippen LogP contribution in [0, 0.1) is 13.8 Å². The van der Waals surface area contributed by atoms with E-state index in [0.717, 1.165) is 6.42 Å². The molecule has 1 heteroatoms. The SMILES string of the molecule is CCCc1ccc(C(Br)Cc2cc(C)ccc2C)cc1. The highest BCUT2D eigenvalue weighted by atomic mass is 79.9. The first-order valence-electron chi connectivity index (χ1n) is 7.39. The number of halogens is 1. The van der Waals surface area contributed by atoms with Gasteiger partial charge in [0.05, 0.1) is 0 Å². The van der Waals surface area contributed by atoms with Crippen molar-refractivity contribution in [2.75, 3.05) is 0 Å². The van der Waals surface area contributed by atoms with Gasteiger partial charge in [0.1, 0.15) is 0 Å². The van der Waals surface area contributed by atoms with Crippen molar-refractivity contribution >= 4 is 15.9 Å². The summed E-state index contributed by atoms with van der Waals surface area (Å²) in [6, 6.07) is 15.7. The third kappa shape index (κ3) is 3.96. The van der Waals surface area contributed by atoms with Crippen LogP contribution in [0.15, 0.2) is 42.5 Å². The van der Waals surface area contributed by atoms with Crippen molar-refractivity contribution in [2.45, 2.75) is 44.9 Å². The van der Waals surface area contributed by atoms with Crippen LogP contribution in [-0.2, 0) is 12.8 Å². The van der Waals surface area contributed by atoms with Crippen molar-refractivity contribution in [1.29, 1.82) is 0 Å². The number of hydrogen-bond donors (Lipinski definition) is 0. The summed E-state index contributed by atoms with van der Waals surface area (Å²) in [5, 5.41) is 0. The summed E-state index contributed by atoms with van der Waals surface area (Å²) in [5.74, 6) is 0. The molecule has 0 amide bonds. The number of alkyl halides is 1. The van der Waals surface area contributed by atoms with E-state index in [9.17, 15) is 0 Å². The van der Waals surface area contributed by atoms with E-state index < -0.39 is 0 Å². The van der Waals surface area contributed by atoms with Crippen molar-refractivity contribution in [2.24, 2.45) is 0 Å². The smallest absolute Gasteiger partial charge is 0.0435 e. The minimum atomic E-state index is 0.388. The van der Waals surface area contributed by atoms with Crippen LogP contribution in [0.4, 0.5) is 0 Å². The van der Waals surface area contributed by atoms with Gasteiger partial charge in [0, 0.05) is 4.83 Å². The summed E-state index contributed by atoms with van der Waals surface area (Å²) < 4.78 is 0. The van der Waals surface area contributed by atoms with Crippen molar-refractivity contribution in [3.63, 3.8) is 0 Å². The Bertz CT molecular complexity index is 554. The van der Waals surface area contributed by atoms with Crippen molar-refractivity contribution in [1.82, 2.24) is 0 Å². The van der Waals surface area contributed by atoms with Gasteiger partial charge in [0.2, 0.25) is 0 Å². The van der Waals surface area contributed by atoms with E-state index in [1.165, 1.54) is 40.7 Å². The molecule has 0 saturated heterocycles. The van der Waals surface area contributed by atoms with Gasteiger partial charge in [0.15, 0.2) is 0 Å².